The van der Waals surface area contributed by atoms with Gasteiger partial charge >= 0.3 is 12.0 Å². The zero-order valence-electron chi connectivity index (χ0n) is 14.2. The van der Waals surface area contributed by atoms with Crippen LogP contribution in [0.5, 0.6) is 5.75 Å². The van der Waals surface area contributed by atoms with Gasteiger partial charge in [0.25, 0.3) is 10.0 Å². The number of aromatic carboxylic acids is 1. The minimum absolute atomic E-state index is 0.0878. The van der Waals surface area contributed by atoms with Crippen LogP contribution in [0.25, 0.3) is 0 Å². The monoisotopic (exact) mass is 414 g/mol. The van der Waals surface area contributed by atoms with E-state index in [0.29, 0.717) is 0 Å². The molecule has 1 aromatic carbocycles. The third-order valence-corrected chi connectivity index (χ3v) is 5.10. The molecule has 3 N–H and O–H groups in total. The van der Waals surface area contributed by atoms with E-state index < -0.39 is 32.5 Å². The van der Waals surface area contributed by atoms with Gasteiger partial charge in [0.15, 0.2) is 10.9 Å². The molecule has 0 aliphatic heterocycles. The molecule has 0 saturated heterocycles. The maximum absolute atomic E-state index is 12.6. The van der Waals surface area contributed by atoms with E-state index in [0.717, 1.165) is 6.07 Å². The van der Waals surface area contributed by atoms with E-state index in [9.17, 15) is 23.1 Å². The van der Waals surface area contributed by atoms with Crippen molar-refractivity contribution in [2.75, 3.05) is 12.4 Å². The number of hydrogen-bond acceptors (Lipinski definition) is 7. The molecule has 0 spiro atoms. The minimum Gasteiger partial charge on any atom is -0.492 e. The molecule has 12 heteroatoms. The molecule has 0 aliphatic carbocycles. The highest BCUT2D eigenvalue weighted by Gasteiger charge is 2.27. The van der Waals surface area contributed by atoms with E-state index in [1.54, 1.807) is 11.6 Å². The molecule has 2 rings (SSSR count). The SMILES string of the molecule is CCc1cccc(C(=O)O)c1S(=O)(=O)NC(=O)Nc1ncc(OC)c(Cl)n1. The molecular weight excluding hydrogens is 400 g/mol. The van der Waals surface area contributed by atoms with Gasteiger partial charge in [0.1, 0.15) is 4.90 Å². The van der Waals surface area contributed by atoms with Gasteiger partial charge in [-0.25, -0.2) is 27.7 Å². The Bertz CT molecular complexity index is 996. The van der Waals surface area contributed by atoms with E-state index in [-0.39, 0.29) is 28.8 Å². The van der Waals surface area contributed by atoms with Crippen molar-refractivity contribution in [2.24, 2.45) is 0 Å². The first-order valence-corrected chi connectivity index (χ1v) is 9.31. The van der Waals surface area contributed by atoms with Crippen LogP contribution in [0, 0.1) is 0 Å². The van der Waals surface area contributed by atoms with Crippen LogP contribution in [-0.4, -0.2) is 42.6 Å². The van der Waals surface area contributed by atoms with E-state index in [1.807, 2.05) is 0 Å². The molecule has 0 radical (unpaired) electrons. The predicted octanol–water partition coefficient (Wildman–Crippen LogP) is 1.91. The molecule has 1 aromatic heterocycles. The first kappa shape index (κ1) is 20.4. The van der Waals surface area contributed by atoms with Crippen LogP contribution in [0.4, 0.5) is 10.7 Å². The lowest BCUT2D eigenvalue weighted by atomic mass is 10.1. The second kappa shape index (κ2) is 8.18. The highest BCUT2D eigenvalue weighted by Crippen LogP contribution is 2.23. The molecule has 144 valence electrons. The molecule has 0 unspecified atom stereocenters. The Kier molecular flexibility index (Phi) is 6.18. The van der Waals surface area contributed by atoms with Crippen molar-refractivity contribution in [1.82, 2.24) is 14.7 Å². The van der Waals surface area contributed by atoms with Gasteiger partial charge in [-0.2, -0.15) is 4.98 Å². The van der Waals surface area contributed by atoms with E-state index in [1.165, 1.54) is 25.4 Å². The van der Waals surface area contributed by atoms with Gasteiger partial charge in [-0.1, -0.05) is 30.7 Å². The third kappa shape index (κ3) is 4.63. The number of benzene rings is 1. The Morgan fingerprint density at radius 3 is 2.59 bits per heavy atom. The first-order valence-electron chi connectivity index (χ1n) is 7.45. The number of aryl methyl sites for hydroxylation is 1. The highest BCUT2D eigenvalue weighted by molar-refractivity contribution is 7.90. The molecule has 10 nitrogen and oxygen atoms in total. The number of carbonyl (C=O) groups is 2. The van der Waals surface area contributed by atoms with Gasteiger partial charge in [0.2, 0.25) is 5.95 Å². The number of rotatable bonds is 6. The summed E-state index contributed by atoms with van der Waals surface area (Å²) in [4.78, 5) is 30.4. The maximum atomic E-state index is 12.6. The smallest absolute Gasteiger partial charge is 0.337 e. The molecule has 2 amide bonds. The number of sulfonamides is 1. The molecule has 0 bridgehead atoms. The summed E-state index contributed by atoms with van der Waals surface area (Å²) in [5.41, 5.74) is -0.197. The Hall–Kier alpha value is -2.92. The summed E-state index contributed by atoms with van der Waals surface area (Å²) in [6, 6.07) is 2.85. The summed E-state index contributed by atoms with van der Waals surface area (Å²) >= 11 is 5.81. The fraction of sp³-hybridized carbons (Fsp3) is 0.200. The number of carboxylic acids is 1. The fourth-order valence-electron chi connectivity index (χ4n) is 2.20. The number of methoxy groups -OCH3 is 1. The van der Waals surface area contributed by atoms with E-state index in [4.69, 9.17) is 16.3 Å². The number of anilines is 1. The number of hydrogen-bond donors (Lipinski definition) is 3. The lowest BCUT2D eigenvalue weighted by molar-refractivity contribution is 0.0692. The van der Waals surface area contributed by atoms with Crippen LogP contribution < -0.4 is 14.8 Å². The highest BCUT2D eigenvalue weighted by atomic mass is 35.5. The topological polar surface area (TPSA) is 148 Å². The Balaban J connectivity index is 2.30. The van der Waals surface area contributed by atoms with Crippen molar-refractivity contribution >= 4 is 39.6 Å². The lowest BCUT2D eigenvalue weighted by Gasteiger charge is -2.13. The molecular formula is C15H15ClN4O6S. The average Bonchev–Trinajstić information content (AvgIpc) is 2.60. The van der Waals surface area contributed by atoms with Crippen LogP contribution in [0.2, 0.25) is 5.15 Å². The number of nitrogens with zero attached hydrogens (tertiary/aromatic N) is 2. The first-order chi connectivity index (χ1) is 12.7. The lowest BCUT2D eigenvalue weighted by Crippen LogP contribution is -2.36. The van der Waals surface area contributed by atoms with Gasteiger partial charge in [0.05, 0.1) is 18.9 Å². The van der Waals surface area contributed by atoms with Crippen molar-refractivity contribution in [3.63, 3.8) is 0 Å². The standard InChI is InChI=1S/C15H15ClN4O6S/c1-3-8-5-4-6-9(13(21)22)11(8)27(24,25)20-15(23)19-14-17-7-10(26-2)12(16)18-14/h4-7H,3H2,1-2H3,(H,21,22)(H2,17,18,19,20,23). The number of carbonyl (C=O) groups excluding carboxylic acids is 1. The average molecular weight is 415 g/mol. The third-order valence-electron chi connectivity index (χ3n) is 3.36. The maximum Gasteiger partial charge on any atom is 0.337 e. The summed E-state index contributed by atoms with van der Waals surface area (Å²) in [5.74, 6) is -1.54. The molecule has 0 atom stereocenters. The fourth-order valence-corrected chi connectivity index (χ4v) is 3.80. The van der Waals surface area contributed by atoms with Crippen molar-refractivity contribution < 1.29 is 27.9 Å². The second-order valence-electron chi connectivity index (χ2n) is 5.06. The Morgan fingerprint density at radius 1 is 1.33 bits per heavy atom. The second-order valence-corrected chi connectivity index (χ2v) is 7.04. The van der Waals surface area contributed by atoms with Crippen LogP contribution >= 0.6 is 11.6 Å². The normalized spacial score (nSPS) is 10.9. The Morgan fingerprint density at radius 2 is 2.04 bits per heavy atom. The van der Waals surface area contributed by atoms with Gasteiger partial charge < -0.3 is 9.84 Å². The molecule has 1 heterocycles. The summed E-state index contributed by atoms with van der Waals surface area (Å²) in [5, 5.41) is 11.3. The van der Waals surface area contributed by atoms with Crippen LogP contribution in [0.1, 0.15) is 22.8 Å². The zero-order chi connectivity index (χ0) is 20.2. The molecule has 0 saturated carbocycles. The summed E-state index contributed by atoms with van der Waals surface area (Å²) in [6.07, 6.45) is 1.44. The number of nitrogens with one attached hydrogen (secondary N) is 2. The number of carboxylic acid groups (broad SMARTS) is 1. The summed E-state index contributed by atoms with van der Waals surface area (Å²) in [6.45, 7) is 1.66. The van der Waals surface area contributed by atoms with Gasteiger partial charge in [-0.05, 0) is 18.1 Å². The quantitative estimate of drug-likeness (QED) is 0.607. The number of ether oxygens (including phenoxy) is 1. The molecule has 0 aliphatic rings. The molecule has 2 aromatic rings. The van der Waals surface area contributed by atoms with Crippen LogP contribution in [0.3, 0.4) is 0 Å². The largest absolute Gasteiger partial charge is 0.492 e. The van der Waals surface area contributed by atoms with Crippen molar-refractivity contribution in [1.29, 1.82) is 0 Å². The molecule has 27 heavy (non-hydrogen) atoms. The Labute approximate surface area is 159 Å². The van der Waals surface area contributed by atoms with Crippen molar-refractivity contribution in [2.45, 2.75) is 18.2 Å². The van der Waals surface area contributed by atoms with Gasteiger partial charge in [-0.15, -0.1) is 0 Å². The van der Waals surface area contributed by atoms with Crippen LogP contribution in [0.15, 0.2) is 29.3 Å². The van der Waals surface area contributed by atoms with Crippen molar-refractivity contribution in [3.8, 4) is 5.75 Å². The number of amides is 2. The number of halogens is 1. The zero-order valence-corrected chi connectivity index (χ0v) is 15.8. The van der Waals surface area contributed by atoms with Gasteiger partial charge in [0, 0.05) is 0 Å². The predicted molar refractivity (Wildman–Crippen MR) is 95.7 cm³/mol. The number of aromatic nitrogens is 2. The van der Waals surface area contributed by atoms with Crippen molar-refractivity contribution in [3.05, 3.63) is 40.7 Å². The summed E-state index contributed by atoms with van der Waals surface area (Å²) in [7, 11) is -3.13. The van der Waals surface area contributed by atoms with Crippen LogP contribution in [-0.2, 0) is 16.4 Å². The molecule has 0 fully saturated rings. The van der Waals surface area contributed by atoms with E-state index >= 15 is 0 Å². The summed E-state index contributed by atoms with van der Waals surface area (Å²) < 4.78 is 31.8. The number of urea groups is 1. The van der Waals surface area contributed by atoms with Gasteiger partial charge in [-0.3, -0.25) is 5.32 Å². The minimum atomic E-state index is -4.48. The van der Waals surface area contributed by atoms with E-state index in [2.05, 4.69) is 15.3 Å².